The van der Waals surface area contributed by atoms with E-state index in [4.69, 9.17) is 0 Å². The second kappa shape index (κ2) is 5.39. The molecule has 18 heavy (non-hydrogen) atoms. The number of nitrogens with one attached hydrogen (secondary N) is 1. The van der Waals surface area contributed by atoms with Gasteiger partial charge < -0.3 is 10.4 Å². The summed E-state index contributed by atoms with van der Waals surface area (Å²) in [7, 11) is 0. The summed E-state index contributed by atoms with van der Waals surface area (Å²) in [6.07, 6.45) is 2.88. The summed E-state index contributed by atoms with van der Waals surface area (Å²) >= 11 is 0. The van der Waals surface area contributed by atoms with Crippen LogP contribution in [-0.4, -0.2) is 41.8 Å². The van der Waals surface area contributed by atoms with Crippen LogP contribution in [-0.2, 0) is 13.0 Å². The molecule has 0 saturated carbocycles. The Hall–Kier alpha value is -0.900. The summed E-state index contributed by atoms with van der Waals surface area (Å²) in [6, 6.07) is 9.03. The minimum Gasteiger partial charge on any atom is -0.391 e. The van der Waals surface area contributed by atoms with Gasteiger partial charge in [0.1, 0.15) is 0 Å². The van der Waals surface area contributed by atoms with E-state index in [1.54, 1.807) is 0 Å². The molecular formula is C15H22N2O. The molecule has 2 atom stereocenters. The van der Waals surface area contributed by atoms with Crippen LogP contribution in [0.5, 0.6) is 0 Å². The second-order valence-corrected chi connectivity index (χ2v) is 5.45. The Morgan fingerprint density at radius 1 is 1.11 bits per heavy atom. The van der Waals surface area contributed by atoms with E-state index < -0.39 is 0 Å². The number of benzene rings is 1. The van der Waals surface area contributed by atoms with E-state index in [1.165, 1.54) is 11.1 Å². The third-order valence-electron chi connectivity index (χ3n) is 4.31. The maximum atomic E-state index is 10.3. The molecule has 2 aliphatic heterocycles. The highest BCUT2D eigenvalue weighted by Gasteiger charge is 2.29. The predicted molar refractivity (Wildman–Crippen MR) is 72.5 cm³/mol. The Morgan fingerprint density at radius 2 is 1.89 bits per heavy atom. The molecule has 1 saturated heterocycles. The van der Waals surface area contributed by atoms with Gasteiger partial charge in [-0.15, -0.1) is 0 Å². The molecule has 2 aliphatic rings. The lowest BCUT2D eigenvalue weighted by atomic mass is 9.96. The zero-order valence-corrected chi connectivity index (χ0v) is 10.8. The van der Waals surface area contributed by atoms with Gasteiger partial charge in [-0.3, -0.25) is 4.90 Å². The summed E-state index contributed by atoms with van der Waals surface area (Å²) in [5.74, 6) is 0. The van der Waals surface area contributed by atoms with Crippen LogP contribution in [0, 0.1) is 0 Å². The number of rotatable bonds is 1. The molecule has 0 aliphatic carbocycles. The third kappa shape index (κ3) is 2.44. The topological polar surface area (TPSA) is 35.5 Å². The highest BCUT2D eigenvalue weighted by Crippen LogP contribution is 2.24. The van der Waals surface area contributed by atoms with E-state index in [0.717, 1.165) is 45.4 Å². The van der Waals surface area contributed by atoms with Gasteiger partial charge in [0.2, 0.25) is 0 Å². The average Bonchev–Trinajstić information content (AvgIpc) is 2.63. The number of hydrogen-bond acceptors (Lipinski definition) is 3. The maximum absolute atomic E-state index is 10.3. The number of aliphatic hydroxyl groups excluding tert-OH is 1. The molecule has 0 unspecified atom stereocenters. The minimum absolute atomic E-state index is 0.176. The molecule has 3 heteroatoms. The number of nitrogens with zero attached hydrogens (tertiary/aromatic N) is 1. The van der Waals surface area contributed by atoms with E-state index >= 15 is 0 Å². The van der Waals surface area contributed by atoms with Gasteiger partial charge in [0.05, 0.1) is 6.10 Å². The molecule has 3 rings (SSSR count). The molecule has 0 aromatic heterocycles. The SMILES string of the molecule is O[C@@H]1CCNCC[C@H]1N1CCc2ccccc2C1. The van der Waals surface area contributed by atoms with Gasteiger partial charge in [0.25, 0.3) is 0 Å². The van der Waals surface area contributed by atoms with Crippen LogP contribution in [0.3, 0.4) is 0 Å². The number of fused-ring (bicyclic) bond motifs is 1. The number of aliphatic hydroxyl groups is 1. The van der Waals surface area contributed by atoms with E-state index in [1.807, 2.05) is 0 Å². The predicted octanol–water partition coefficient (Wildman–Crippen LogP) is 1.16. The van der Waals surface area contributed by atoms with Gasteiger partial charge in [-0.1, -0.05) is 24.3 Å². The van der Waals surface area contributed by atoms with Crippen LogP contribution in [0.1, 0.15) is 24.0 Å². The largest absolute Gasteiger partial charge is 0.391 e. The Kier molecular flexibility index (Phi) is 3.64. The monoisotopic (exact) mass is 246 g/mol. The molecule has 0 radical (unpaired) electrons. The molecule has 1 fully saturated rings. The summed E-state index contributed by atoms with van der Waals surface area (Å²) in [6.45, 7) is 4.05. The number of hydrogen-bond donors (Lipinski definition) is 2. The molecule has 1 aromatic carbocycles. The van der Waals surface area contributed by atoms with Crippen molar-refractivity contribution >= 4 is 0 Å². The smallest absolute Gasteiger partial charge is 0.0708 e. The highest BCUT2D eigenvalue weighted by atomic mass is 16.3. The fourth-order valence-electron chi connectivity index (χ4n) is 3.24. The molecule has 98 valence electrons. The molecular weight excluding hydrogens is 224 g/mol. The zero-order valence-electron chi connectivity index (χ0n) is 10.8. The van der Waals surface area contributed by atoms with Crippen molar-refractivity contribution in [2.24, 2.45) is 0 Å². The van der Waals surface area contributed by atoms with Gasteiger partial charge in [0, 0.05) is 19.1 Å². The van der Waals surface area contributed by atoms with Crippen LogP contribution in [0.4, 0.5) is 0 Å². The Labute approximate surface area is 109 Å². The van der Waals surface area contributed by atoms with E-state index in [-0.39, 0.29) is 6.10 Å². The van der Waals surface area contributed by atoms with Crippen molar-refractivity contribution < 1.29 is 5.11 Å². The summed E-state index contributed by atoms with van der Waals surface area (Å²) in [4.78, 5) is 2.47. The van der Waals surface area contributed by atoms with Gasteiger partial charge in [0.15, 0.2) is 0 Å². The second-order valence-electron chi connectivity index (χ2n) is 5.45. The average molecular weight is 246 g/mol. The summed E-state index contributed by atoms with van der Waals surface area (Å²) in [5.41, 5.74) is 2.92. The van der Waals surface area contributed by atoms with E-state index in [9.17, 15) is 5.11 Å². The van der Waals surface area contributed by atoms with Crippen LogP contribution in [0.2, 0.25) is 0 Å². The first-order chi connectivity index (χ1) is 8.84. The van der Waals surface area contributed by atoms with Gasteiger partial charge in [-0.2, -0.15) is 0 Å². The molecule has 0 amide bonds. The van der Waals surface area contributed by atoms with Crippen molar-refractivity contribution in [2.45, 2.75) is 38.0 Å². The lowest BCUT2D eigenvalue weighted by molar-refractivity contribution is 0.0394. The Balaban J connectivity index is 1.74. The van der Waals surface area contributed by atoms with Crippen molar-refractivity contribution in [1.82, 2.24) is 10.2 Å². The maximum Gasteiger partial charge on any atom is 0.0708 e. The van der Waals surface area contributed by atoms with Crippen molar-refractivity contribution in [3.05, 3.63) is 35.4 Å². The fraction of sp³-hybridized carbons (Fsp3) is 0.600. The van der Waals surface area contributed by atoms with Crippen LogP contribution in [0.15, 0.2) is 24.3 Å². The molecule has 0 spiro atoms. The Morgan fingerprint density at radius 3 is 2.78 bits per heavy atom. The zero-order chi connectivity index (χ0) is 12.4. The van der Waals surface area contributed by atoms with Gasteiger partial charge in [-0.25, -0.2) is 0 Å². The minimum atomic E-state index is -0.176. The fourth-order valence-corrected chi connectivity index (χ4v) is 3.24. The highest BCUT2D eigenvalue weighted by molar-refractivity contribution is 5.29. The van der Waals surface area contributed by atoms with Crippen molar-refractivity contribution in [1.29, 1.82) is 0 Å². The summed E-state index contributed by atoms with van der Waals surface area (Å²) < 4.78 is 0. The lowest BCUT2D eigenvalue weighted by Gasteiger charge is -2.37. The van der Waals surface area contributed by atoms with E-state index in [0.29, 0.717) is 6.04 Å². The molecule has 1 aromatic rings. The molecule has 2 heterocycles. The molecule has 2 N–H and O–H groups in total. The van der Waals surface area contributed by atoms with Crippen LogP contribution in [0.25, 0.3) is 0 Å². The quantitative estimate of drug-likeness (QED) is 0.780. The first kappa shape index (κ1) is 12.2. The standard InChI is InChI=1S/C15H22N2O/c18-15-6-9-16-8-5-14(15)17-10-7-12-3-1-2-4-13(12)11-17/h1-4,14-16,18H,5-11H2/t14-,15-/m1/s1. The van der Waals surface area contributed by atoms with Crippen molar-refractivity contribution in [3.63, 3.8) is 0 Å². The van der Waals surface area contributed by atoms with Crippen LogP contribution < -0.4 is 5.32 Å². The summed E-state index contributed by atoms with van der Waals surface area (Å²) in [5, 5.41) is 13.6. The first-order valence-electron chi connectivity index (χ1n) is 7.04. The van der Waals surface area contributed by atoms with Crippen LogP contribution >= 0.6 is 0 Å². The van der Waals surface area contributed by atoms with Gasteiger partial charge >= 0.3 is 0 Å². The molecule has 3 nitrogen and oxygen atoms in total. The normalized spacial score (nSPS) is 29.6. The van der Waals surface area contributed by atoms with E-state index in [2.05, 4.69) is 34.5 Å². The first-order valence-corrected chi connectivity index (χ1v) is 7.04. The molecule has 0 bridgehead atoms. The van der Waals surface area contributed by atoms with Crippen molar-refractivity contribution in [2.75, 3.05) is 19.6 Å². The third-order valence-corrected chi connectivity index (χ3v) is 4.31. The van der Waals surface area contributed by atoms with Gasteiger partial charge in [-0.05, 0) is 43.5 Å². The Bertz CT molecular complexity index is 407. The lowest BCUT2D eigenvalue weighted by Crippen LogP contribution is -2.46. The van der Waals surface area contributed by atoms with Crippen molar-refractivity contribution in [3.8, 4) is 0 Å².